The largest absolute Gasteiger partial charge is 0.416 e. The van der Waals surface area contributed by atoms with Gasteiger partial charge in [0.25, 0.3) is 5.91 Å². The normalized spacial score (nSPS) is 11.4. The van der Waals surface area contributed by atoms with Crippen LogP contribution in [0, 0.1) is 13.8 Å². The third-order valence-corrected chi connectivity index (χ3v) is 2.61. The minimum atomic E-state index is -4.46. The molecule has 0 radical (unpaired) electrons. The predicted molar refractivity (Wildman–Crippen MR) is 65.3 cm³/mol. The zero-order valence-corrected chi connectivity index (χ0v) is 10.7. The number of carbonyl (C=O) groups is 1. The van der Waals surface area contributed by atoms with Crippen LogP contribution in [-0.2, 0) is 6.18 Å². The number of aryl methyl sites for hydroxylation is 2. The summed E-state index contributed by atoms with van der Waals surface area (Å²) < 4.78 is 37.9. The maximum absolute atomic E-state index is 12.6. The second-order valence-corrected chi connectivity index (χ2v) is 4.23. The van der Waals surface area contributed by atoms with Gasteiger partial charge in [-0.2, -0.15) is 13.2 Å². The number of nitrogens with zero attached hydrogens (tertiary/aromatic N) is 2. The average Bonchev–Trinajstić information content (AvgIpc) is 2.77. The summed E-state index contributed by atoms with van der Waals surface area (Å²) in [6.07, 6.45) is -4.46. The number of anilines is 1. The molecular weight excluding hydrogens is 273 g/mol. The van der Waals surface area contributed by atoms with Crippen molar-refractivity contribution in [1.82, 2.24) is 15.2 Å². The summed E-state index contributed by atoms with van der Waals surface area (Å²) in [4.78, 5) is 15.6. The molecule has 0 unspecified atom stereocenters. The SMILES string of the molecule is Cc1nc(C(=O)Nc2cc(C(F)(F)F)ccc2C)n[nH]1. The number of benzene rings is 1. The first-order chi connectivity index (χ1) is 9.27. The van der Waals surface area contributed by atoms with Crippen molar-refractivity contribution in [2.24, 2.45) is 0 Å². The number of alkyl halides is 3. The van der Waals surface area contributed by atoms with Gasteiger partial charge in [0.2, 0.25) is 5.82 Å². The quantitative estimate of drug-likeness (QED) is 0.890. The Morgan fingerprint density at radius 2 is 2.00 bits per heavy atom. The minimum absolute atomic E-state index is 0.0762. The summed E-state index contributed by atoms with van der Waals surface area (Å²) in [5.41, 5.74) is -0.240. The van der Waals surface area contributed by atoms with Crippen molar-refractivity contribution in [1.29, 1.82) is 0 Å². The van der Waals surface area contributed by atoms with Gasteiger partial charge in [-0.1, -0.05) is 6.07 Å². The van der Waals surface area contributed by atoms with Crippen LogP contribution in [0.2, 0.25) is 0 Å². The van der Waals surface area contributed by atoms with Gasteiger partial charge in [0.05, 0.1) is 5.56 Å². The van der Waals surface area contributed by atoms with Gasteiger partial charge in [0.1, 0.15) is 5.82 Å². The van der Waals surface area contributed by atoms with Crippen molar-refractivity contribution < 1.29 is 18.0 Å². The molecular formula is C12H11F3N4O. The summed E-state index contributed by atoms with van der Waals surface area (Å²) in [6, 6.07) is 3.14. The summed E-state index contributed by atoms with van der Waals surface area (Å²) in [6.45, 7) is 3.21. The lowest BCUT2D eigenvalue weighted by Crippen LogP contribution is -2.15. The first-order valence-electron chi connectivity index (χ1n) is 5.65. The molecule has 0 aliphatic carbocycles. The average molecular weight is 284 g/mol. The van der Waals surface area contributed by atoms with Crippen molar-refractivity contribution in [3.8, 4) is 0 Å². The fourth-order valence-electron chi connectivity index (χ4n) is 1.56. The van der Waals surface area contributed by atoms with Crippen LogP contribution in [0.25, 0.3) is 0 Å². The number of amides is 1. The highest BCUT2D eigenvalue weighted by molar-refractivity contribution is 6.01. The first kappa shape index (κ1) is 14.0. The standard InChI is InChI=1S/C12H11F3N4O/c1-6-3-4-8(12(13,14)15)5-9(6)17-11(20)10-16-7(2)18-19-10/h3-5H,1-2H3,(H,17,20)(H,16,18,19). The molecule has 0 saturated heterocycles. The Morgan fingerprint density at radius 1 is 1.30 bits per heavy atom. The first-order valence-corrected chi connectivity index (χ1v) is 5.65. The summed E-state index contributed by atoms with van der Waals surface area (Å²) in [7, 11) is 0. The lowest BCUT2D eigenvalue weighted by atomic mass is 10.1. The monoisotopic (exact) mass is 284 g/mol. The molecule has 0 saturated carbocycles. The van der Waals surface area contributed by atoms with E-state index in [2.05, 4.69) is 20.5 Å². The molecule has 2 rings (SSSR count). The van der Waals surface area contributed by atoms with E-state index in [4.69, 9.17) is 0 Å². The zero-order chi connectivity index (χ0) is 14.9. The van der Waals surface area contributed by atoms with E-state index in [1.807, 2.05) is 0 Å². The Morgan fingerprint density at radius 3 is 2.55 bits per heavy atom. The minimum Gasteiger partial charge on any atom is -0.319 e. The van der Waals surface area contributed by atoms with Crippen LogP contribution in [-0.4, -0.2) is 21.1 Å². The number of aromatic amines is 1. The smallest absolute Gasteiger partial charge is 0.319 e. The summed E-state index contributed by atoms with van der Waals surface area (Å²) >= 11 is 0. The van der Waals surface area contributed by atoms with Crippen LogP contribution in [0.5, 0.6) is 0 Å². The lowest BCUT2D eigenvalue weighted by Gasteiger charge is -2.11. The fraction of sp³-hybridized carbons (Fsp3) is 0.250. The Labute approximate surface area is 112 Å². The maximum Gasteiger partial charge on any atom is 0.416 e. The highest BCUT2D eigenvalue weighted by Gasteiger charge is 2.31. The van der Waals surface area contributed by atoms with Gasteiger partial charge in [-0.3, -0.25) is 9.89 Å². The molecule has 20 heavy (non-hydrogen) atoms. The third-order valence-electron chi connectivity index (χ3n) is 2.61. The van der Waals surface area contributed by atoms with Gasteiger partial charge < -0.3 is 5.32 Å². The van der Waals surface area contributed by atoms with Gasteiger partial charge in [0, 0.05) is 5.69 Å². The third kappa shape index (κ3) is 2.95. The van der Waals surface area contributed by atoms with Gasteiger partial charge in [-0.05, 0) is 31.5 Å². The predicted octanol–water partition coefficient (Wildman–Crippen LogP) is 2.69. The number of H-pyrrole nitrogens is 1. The molecule has 0 fully saturated rings. The van der Waals surface area contributed by atoms with Crippen LogP contribution in [0.15, 0.2) is 18.2 Å². The molecule has 106 valence electrons. The Hall–Kier alpha value is -2.38. The molecule has 8 heteroatoms. The Balaban J connectivity index is 2.27. The van der Waals surface area contributed by atoms with Crippen LogP contribution < -0.4 is 5.32 Å². The molecule has 2 aromatic rings. The van der Waals surface area contributed by atoms with Crippen molar-refractivity contribution in [3.63, 3.8) is 0 Å². The van der Waals surface area contributed by atoms with E-state index in [1.165, 1.54) is 6.07 Å². The van der Waals surface area contributed by atoms with Crippen molar-refractivity contribution in [2.45, 2.75) is 20.0 Å². The highest BCUT2D eigenvalue weighted by atomic mass is 19.4. The number of rotatable bonds is 2. The highest BCUT2D eigenvalue weighted by Crippen LogP contribution is 2.32. The fourth-order valence-corrected chi connectivity index (χ4v) is 1.56. The van der Waals surface area contributed by atoms with Crippen molar-refractivity contribution in [2.75, 3.05) is 5.32 Å². The van der Waals surface area contributed by atoms with E-state index in [0.717, 1.165) is 12.1 Å². The summed E-state index contributed by atoms with van der Waals surface area (Å²) in [5.74, 6) is -0.355. The number of hydrogen-bond acceptors (Lipinski definition) is 3. The van der Waals surface area contributed by atoms with Crippen molar-refractivity contribution >= 4 is 11.6 Å². The van der Waals surface area contributed by atoms with Gasteiger partial charge in [0.15, 0.2) is 0 Å². The number of halogens is 3. The van der Waals surface area contributed by atoms with Gasteiger partial charge in [-0.15, -0.1) is 5.10 Å². The molecule has 0 bridgehead atoms. The second-order valence-electron chi connectivity index (χ2n) is 4.23. The number of carbonyl (C=O) groups excluding carboxylic acids is 1. The topological polar surface area (TPSA) is 70.7 Å². The van der Waals surface area contributed by atoms with E-state index in [-0.39, 0.29) is 11.5 Å². The number of nitrogens with one attached hydrogen (secondary N) is 2. The van der Waals surface area contributed by atoms with Crippen LogP contribution in [0.4, 0.5) is 18.9 Å². The van der Waals surface area contributed by atoms with Crippen LogP contribution in [0.1, 0.15) is 27.6 Å². The molecule has 0 spiro atoms. The molecule has 0 atom stereocenters. The Kier molecular flexibility index (Phi) is 3.47. The van der Waals surface area contributed by atoms with Gasteiger partial charge in [-0.25, -0.2) is 4.98 Å². The lowest BCUT2D eigenvalue weighted by molar-refractivity contribution is -0.137. The zero-order valence-electron chi connectivity index (χ0n) is 10.7. The molecule has 1 aromatic carbocycles. The Bertz CT molecular complexity index is 648. The maximum atomic E-state index is 12.6. The molecule has 0 aliphatic heterocycles. The van der Waals surface area contributed by atoms with E-state index < -0.39 is 17.6 Å². The van der Waals surface area contributed by atoms with Crippen LogP contribution >= 0.6 is 0 Å². The van der Waals surface area contributed by atoms with Crippen molar-refractivity contribution in [3.05, 3.63) is 41.0 Å². The van der Waals surface area contributed by atoms with Crippen LogP contribution in [0.3, 0.4) is 0 Å². The molecule has 1 aromatic heterocycles. The molecule has 5 nitrogen and oxygen atoms in total. The van der Waals surface area contributed by atoms with E-state index in [9.17, 15) is 18.0 Å². The van der Waals surface area contributed by atoms with E-state index in [0.29, 0.717) is 11.4 Å². The molecule has 1 heterocycles. The molecule has 1 amide bonds. The van der Waals surface area contributed by atoms with E-state index in [1.54, 1.807) is 13.8 Å². The second kappa shape index (κ2) is 4.95. The summed E-state index contributed by atoms with van der Waals surface area (Å²) in [5, 5.41) is 8.49. The number of hydrogen-bond donors (Lipinski definition) is 2. The van der Waals surface area contributed by atoms with Gasteiger partial charge >= 0.3 is 6.18 Å². The molecule has 2 N–H and O–H groups in total. The molecule has 0 aliphatic rings. The van der Waals surface area contributed by atoms with E-state index >= 15 is 0 Å². The number of aromatic nitrogens is 3.